The molecule has 0 spiro atoms. The van der Waals surface area contributed by atoms with Gasteiger partial charge in [-0.1, -0.05) is 0 Å². The highest BCUT2D eigenvalue weighted by atomic mass is 35.5. The van der Waals surface area contributed by atoms with Gasteiger partial charge in [-0.05, 0) is 50.1 Å². The van der Waals surface area contributed by atoms with Crippen molar-refractivity contribution in [3.63, 3.8) is 0 Å². The summed E-state index contributed by atoms with van der Waals surface area (Å²) >= 11 is 1.41. The van der Waals surface area contributed by atoms with Crippen LogP contribution in [0.2, 0.25) is 0 Å². The van der Waals surface area contributed by atoms with Gasteiger partial charge in [0.25, 0.3) is 11.6 Å². The lowest BCUT2D eigenvalue weighted by Crippen LogP contribution is -2.33. The van der Waals surface area contributed by atoms with Crippen molar-refractivity contribution in [2.45, 2.75) is 17.7 Å². The van der Waals surface area contributed by atoms with Crippen LogP contribution in [0.25, 0.3) is 0 Å². The molecule has 0 radical (unpaired) electrons. The van der Waals surface area contributed by atoms with E-state index in [9.17, 15) is 14.9 Å². The zero-order valence-electron chi connectivity index (χ0n) is 14.9. The number of hydrogen-bond acceptors (Lipinski definition) is 6. The highest BCUT2D eigenvalue weighted by molar-refractivity contribution is 7.98. The first kappa shape index (κ1) is 20.8. The summed E-state index contributed by atoms with van der Waals surface area (Å²) in [5.41, 5.74) is -0.0360. The molecule has 0 aromatic heterocycles. The summed E-state index contributed by atoms with van der Waals surface area (Å²) in [6.45, 7) is 3.32. The Morgan fingerprint density at radius 3 is 2.42 bits per heavy atom. The lowest BCUT2D eigenvalue weighted by molar-refractivity contribution is -0.385. The normalized spacial score (nSPS) is 22.2. The van der Waals surface area contributed by atoms with Crippen molar-refractivity contribution in [2.75, 3.05) is 39.5 Å². The molecule has 3 rings (SSSR count). The van der Waals surface area contributed by atoms with Crippen LogP contribution in [0, 0.1) is 22.0 Å². The molecular formula is C17H24ClN3O4S. The molecule has 2 aliphatic heterocycles. The van der Waals surface area contributed by atoms with Crippen LogP contribution in [0.3, 0.4) is 0 Å². The van der Waals surface area contributed by atoms with Gasteiger partial charge in [0, 0.05) is 13.1 Å². The number of carbonyl (C=O) groups is 1. The summed E-state index contributed by atoms with van der Waals surface area (Å²) in [5, 5.41) is 14.9. The maximum atomic E-state index is 13.0. The molecule has 0 bridgehead atoms. The van der Waals surface area contributed by atoms with E-state index in [1.165, 1.54) is 24.9 Å². The molecule has 9 heteroatoms. The van der Waals surface area contributed by atoms with Gasteiger partial charge >= 0.3 is 0 Å². The SMILES string of the molecule is COc1cc([N+](=O)[O-])c(C(=O)N2CC[C@@H]3CNC[C@@H]3CC2)cc1SC.Cl. The Kier molecular flexibility index (Phi) is 7.14. The fourth-order valence-electron chi connectivity index (χ4n) is 3.78. The van der Waals surface area contributed by atoms with Crippen LogP contribution < -0.4 is 10.1 Å². The Morgan fingerprint density at radius 1 is 1.31 bits per heavy atom. The van der Waals surface area contributed by atoms with Crippen molar-refractivity contribution in [3.05, 3.63) is 27.8 Å². The van der Waals surface area contributed by atoms with E-state index in [0.717, 1.165) is 30.8 Å². The number of thioether (sulfide) groups is 1. The van der Waals surface area contributed by atoms with E-state index in [4.69, 9.17) is 4.74 Å². The van der Waals surface area contributed by atoms with Crippen LogP contribution in [0.4, 0.5) is 5.69 Å². The van der Waals surface area contributed by atoms with Crippen LogP contribution >= 0.6 is 24.2 Å². The van der Waals surface area contributed by atoms with Crippen LogP contribution in [0.1, 0.15) is 23.2 Å². The van der Waals surface area contributed by atoms with Gasteiger partial charge in [-0.25, -0.2) is 0 Å². The first-order valence-corrected chi connectivity index (χ1v) is 9.68. The number of carbonyl (C=O) groups excluding carboxylic acids is 1. The van der Waals surface area contributed by atoms with Crippen molar-refractivity contribution < 1.29 is 14.5 Å². The minimum Gasteiger partial charge on any atom is -0.495 e. The summed E-state index contributed by atoms with van der Waals surface area (Å²) in [7, 11) is 1.47. The zero-order chi connectivity index (χ0) is 18.0. The van der Waals surface area contributed by atoms with Crippen molar-refractivity contribution in [1.29, 1.82) is 0 Å². The van der Waals surface area contributed by atoms with Gasteiger partial charge in [0.15, 0.2) is 0 Å². The second-order valence-corrected chi connectivity index (χ2v) is 7.38. The number of nitro benzene ring substituents is 1. The molecule has 2 aliphatic rings. The third-order valence-electron chi connectivity index (χ3n) is 5.24. The number of nitrogens with one attached hydrogen (secondary N) is 1. The quantitative estimate of drug-likeness (QED) is 0.474. The Labute approximate surface area is 163 Å². The molecule has 2 saturated heterocycles. The number of amides is 1. The topological polar surface area (TPSA) is 84.7 Å². The highest BCUT2D eigenvalue weighted by Crippen LogP contribution is 2.36. The van der Waals surface area contributed by atoms with E-state index in [1.54, 1.807) is 11.0 Å². The molecule has 1 amide bonds. The fourth-order valence-corrected chi connectivity index (χ4v) is 4.36. The third-order valence-corrected chi connectivity index (χ3v) is 5.99. The second-order valence-electron chi connectivity index (χ2n) is 6.53. The van der Waals surface area contributed by atoms with Crippen LogP contribution in [-0.4, -0.2) is 55.3 Å². The molecule has 1 aromatic carbocycles. The van der Waals surface area contributed by atoms with Gasteiger partial charge in [-0.15, -0.1) is 24.2 Å². The van der Waals surface area contributed by atoms with E-state index in [2.05, 4.69) is 5.32 Å². The second kappa shape index (κ2) is 8.92. The van der Waals surface area contributed by atoms with Crippen LogP contribution in [-0.2, 0) is 0 Å². The van der Waals surface area contributed by atoms with E-state index < -0.39 is 4.92 Å². The highest BCUT2D eigenvalue weighted by Gasteiger charge is 2.33. The zero-order valence-corrected chi connectivity index (χ0v) is 16.5. The number of rotatable bonds is 4. The standard InChI is InChI=1S/C17H23N3O4S.ClH/c1-24-15-8-14(20(22)23)13(7-16(15)25-2)17(21)19-5-3-11-9-18-10-12(11)4-6-19;/h7-8,11-12,18H,3-6,9-10H2,1-2H3;1H/t11-,12+;. The molecule has 2 atom stereocenters. The lowest BCUT2D eigenvalue weighted by atomic mass is 9.92. The first-order valence-electron chi connectivity index (χ1n) is 8.45. The Bertz CT molecular complexity index is 674. The summed E-state index contributed by atoms with van der Waals surface area (Å²) in [6.07, 6.45) is 3.75. The maximum Gasteiger partial charge on any atom is 0.285 e. The minimum atomic E-state index is -0.504. The number of methoxy groups -OCH3 is 1. The summed E-state index contributed by atoms with van der Waals surface area (Å²) in [5.74, 6) is 1.38. The Morgan fingerprint density at radius 2 is 1.92 bits per heavy atom. The number of nitrogens with zero attached hydrogens (tertiary/aromatic N) is 2. The number of hydrogen-bond donors (Lipinski definition) is 1. The number of halogens is 1. The van der Waals surface area contributed by atoms with Crippen LogP contribution in [0.5, 0.6) is 5.75 Å². The average molecular weight is 402 g/mol. The first-order chi connectivity index (χ1) is 12.0. The van der Waals surface area contributed by atoms with Crippen molar-refractivity contribution in [1.82, 2.24) is 10.2 Å². The largest absolute Gasteiger partial charge is 0.495 e. The van der Waals surface area contributed by atoms with Gasteiger partial charge in [0.05, 0.1) is 23.0 Å². The van der Waals surface area contributed by atoms with Gasteiger partial charge < -0.3 is 15.0 Å². The van der Waals surface area contributed by atoms with Crippen molar-refractivity contribution in [3.8, 4) is 5.75 Å². The predicted octanol–water partition coefficient (Wildman–Crippen LogP) is 2.82. The van der Waals surface area contributed by atoms with E-state index in [0.29, 0.717) is 30.7 Å². The lowest BCUT2D eigenvalue weighted by Gasteiger charge is -2.21. The summed E-state index contributed by atoms with van der Waals surface area (Å²) in [6, 6.07) is 2.95. The van der Waals surface area contributed by atoms with Gasteiger partial charge in [0.1, 0.15) is 11.3 Å². The smallest absolute Gasteiger partial charge is 0.285 e. The average Bonchev–Trinajstić information content (AvgIpc) is 2.98. The fraction of sp³-hybridized carbons (Fsp3) is 0.588. The number of likely N-dealkylation sites (tertiary alicyclic amines) is 1. The minimum absolute atomic E-state index is 0. The number of ether oxygens (including phenoxy) is 1. The van der Waals surface area contributed by atoms with Gasteiger partial charge in [0.2, 0.25) is 0 Å². The molecule has 26 heavy (non-hydrogen) atoms. The summed E-state index contributed by atoms with van der Waals surface area (Å²) in [4.78, 5) is 26.5. The molecule has 7 nitrogen and oxygen atoms in total. The molecule has 2 heterocycles. The van der Waals surface area contributed by atoms with Crippen molar-refractivity contribution in [2.24, 2.45) is 11.8 Å². The maximum absolute atomic E-state index is 13.0. The number of benzene rings is 1. The van der Waals surface area contributed by atoms with Crippen molar-refractivity contribution >= 4 is 35.8 Å². The molecule has 0 unspecified atom stereocenters. The van der Waals surface area contributed by atoms with Gasteiger partial charge in [-0.2, -0.15) is 0 Å². The molecule has 0 aliphatic carbocycles. The third kappa shape index (κ3) is 4.07. The van der Waals surface area contributed by atoms with E-state index >= 15 is 0 Å². The summed E-state index contributed by atoms with van der Waals surface area (Å²) < 4.78 is 5.22. The molecule has 0 saturated carbocycles. The Balaban J connectivity index is 0.00000243. The van der Waals surface area contributed by atoms with E-state index in [1.807, 2.05) is 6.26 Å². The number of nitro groups is 1. The molecule has 1 aromatic rings. The van der Waals surface area contributed by atoms with Crippen LogP contribution in [0.15, 0.2) is 17.0 Å². The van der Waals surface area contributed by atoms with Gasteiger partial charge in [-0.3, -0.25) is 14.9 Å². The number of fused-ring (bicyclic) bond motifs is 1. The molecule has 2 fully saturated rings. The van der Waals surface area contributed by atoms with E-state index in [-0.39, 0.29) is 29.6 Å². The molecule has 1 N–H and O–H groups in total. The predicted molar refractivity (Wildman–Crippen MR) is 104 cm³/mol. The Hall–Kier alpha value is -1.51. The monoisotopic (exact) mass is 401 g/mol. The molecular weight excluding hydrogens is 378 g/mol. The molecule has 144 valence electrons.